The molecule has 0 spiro atoms. The first-order chi connectivity index (χ1) is 21.2. The number of likely N-dealkylation sites (tertiary alicyclic amines) is 1. The smallest absolute Gasteiger partial charge is 0.272 e. The van der Waals surface area contributed by atoms with Gasteiger partial charge in [-0.05, 0) is 48.7 Å². The number of nitrogens with one attached hydrogen (secondary N) is 1. The van der Waals surface area contributed by atoms with Crippen LogP contribution in [0.1, 0.15) is 50.6 Å². The van der Waals surface area contributed by atoms with E-state index in [9.17, 15) is 23.0 Å². The summed E-state index contributed by atoms with van der Waals surface area (Å²) in [6.45, 7) is 0.832. The molecular weight excluding hydrogens is 583 g/mol. The van der Waals surface area contributed by atoms with Crippen molar-refractivity contribution in [1.29, 1.82) is 0 Å². The van der Waals surface area contributed by atoms with Crippen molar-refractivity contribution < 1.29 is 27.4 Å². The number of halogens is 1. The van der Waals surface area contributed by atoms with E-state index in [0.29, 0.717) is 57.8 Å². The van der Waals surface area contributed by atoms with Gasteiger partial charge < -0.3 is 14.6 Å². The molecule has 2 atom stereocenters. The summed E-state index contributed by atoms with van der Waals surface area (Å²) in [5.74, 6) is -0.980. The lowest BCUT2D eigenvalue weighted by Crippen LogP contribution is -2.44. The van der Waals surface area contributed by atoms with Gasteiger partial charge in [-0.15, -0.1) is 0 Å². The van der Waals surface area contributed by atoms with Crippen molar-refractivity contribution in [3.8, 4) is 11.3 Å². The summed E-state index contributed by atoms with van der Waals surface area (Å²) in [5.41, 5.74) is 4.07. The molecule has 1 unspecified atom stereocenters. The summed E-state index contributed by atoms with van der Waals surface area (Å²) < 4.78 is 34.3. The minimum Gasteiger partial charge on any atom is -0.455 e. The predicted octanol–water partition coefficient (Wildman–Crippen LogP) is 4.72. The Hall–Kier alpha value is -4.64. The van der Waals surface area contributed by atoms with Crippen molar-refractivity contribution in [2.75, 3.05) is 44.3 Å². The predicted molar refractivity (Wildman–Crippen MR) is 168 cm³/mol. The van der Waals surface area contributed by atoms with Gasteiger partial charge in [0.2, 0.25) is 0 Å². The summed E-state index contributed by atoms with van der Waals surface area (Å²) in [7, 11) is 1.88. The van der Waals surface area contributed by atoms with Crippen LogP contribution in [-0.4, -0.2) is 72.4 Å². The maximum Gasteiger partial charge on any atom is 0.272 e. The third-order valence-corrected chi connectivity index (χ3v) is 9.31. The minimum atomic E-state index is -1.38. The van der Waals surface area contributed by atoms with Crippen molar-refractivity contribution in [2.45, 2.75) is 18.8 Å². The van der Waals surface area contributed by atoms with Crippen LogP contribution < -0.4 is 9.62 Å². The van der Waals surface area contributed by atoms with Crippen LogP contribution in [0.5, 0.6) is 0 Å². The molecule has 6 rings (SSSR count). The molecule has 11 heteroatoms. The highest BCUT2D eigenvalue weighted by atomic mass is 32.2. The quantitative estimate of drug-likeness (QED) is 0.338. The second-order valence-electron chi connectivity index (χ2n) is 10.9. The summed E-state index contributed by atoms with van der Waals surface area (Å²) in [6.07, 6.45) is 3.05. The number of Topliss-reactive ketones (excluding diaryl/α,β-unsaturated/α-hetero) is 1. The topological polar surface area (TPSA) is 112 Å². The molecule has 44 heavy (non-hydrogen) atoms. The van der Waals surface area contributed by atoms with Crippen LogP contribution in [0.25, 0.3) is 22.3 Å². The summed E-state index contributed by atoms with van der Waals surface area (Å²) >= 11 is 0. The van der Waals surface area contributed by atoms with Crippen LogP contribution in [-0.2, 0) is 15.8 Å². The van der Waals surface area contributed by atoms with Gasteiger partial charge in [-0.3, -0.25) is 23.7 Å². The number of piperidine rings is 1. The molecule has 1 aromatic heterocycles. The molecule has 2 amide bonds. The summed E-state index contributed by atoms with van der Waals surface area (Å²) in [5, 5.41) is 3.24. The molecule has 4 aromatic rings. The van der Waals surface area contributed by atoms with E-state index in [0.717, 1.165) is 18.4 Å². The molecule has 3 heterocycles. The molecule has 0 radical (unpaired) electrons. The van der Waals surface area contributed by atoms with Gasteiger partial charge >= 0.3 is 0 Å². The van der Waals surface area contributed by atoms with E-state index < -0.39 is 16.8 Å². The second kappa shape index (κ2) is 11.8. The number of nitrogens with zero attached hydrogens (tertiary/aromatic N) is 3. The number of hydrogen-bond donors (Lipinski definition) is 1. The zero-order valence-electron chi connectivity index (χ0n) is 24.6. The first-order valence-electron chi connectivity index (χ1n) is 14.3. The van der Waals surface area contributed by atoms with Crippen molar-refractivity contribution in [1.82, 2.24) is 10.2 Å². The van der Waals surface area contributed by atoms with Crippen molar-refractivity contribution in [2.24, 2.45) is 4.99 Å². The number of anilines is 1. The molecule has 1 N–H and O–H groups in total. The number of hydrogen-bond acceptors (Lipinski definition) is 6. The number of amides is 2. The largest absolute Gasteiger partial charge is 0.455 e. The fourth-order valence-corrected chi connectivity index (χ4v) is 6.48. The van der Waals surface area contributed by atoms with Gasteiger partial charge in [0.05, 0.1) is 11.3 Å². The van der Waals surface area contributed by atoms with E-state index in [2.05, 4.69) is 10.3 Å². The maximum atomic E-state index is 13.8. The van der Waals surface area contributed by atoms with Gasteiger partial charge in [0.15, 0.2) is 5.78 Å². The van der Waals surface area contributed by atoms with Gasteiger partial charge in [-0.1, -0.05) is 24.3 Å². The van der Waals surface area contributed by atoms with Crippen molar-refractivity contribution in [3.63, 3.8) is 0 Å². The number of benzene rings is 3. The number of ketones is 1. The third kappa shape index (κ3) is 5.21. The molecule has 3 aromatic carbocycles. The molecule has 0 aliphatic carbocycles. The first kappa shape index (κ1) is 29.4. The first-order valence-corrected chi connectivity index (χ1v) is 15.8. The lowest BCUT2D eigenvalue weighted by molar-refractivity contribution is -0.125. The van der Waals surface area contributed by atoms with Crippen LogP contribution in [0.2, 0.25) is 0 Å². The highest BCUT2D eigenvalue weighted by molar-refractivity contribution is 7.85. The highest BCUT2D eigenvalue weighted by Crippen LogP contribution is 2.41. The summed E-state index contributed by atoms with van der Waals surface area (Å²) in [4.78, 5) is 45.6. The number of aliphatic imine (C=N–C) groups is 1. The van der Waals surface area contributed by atoms with Crippen molar-refractivity contribution in [3.05, 3.63) is 88.7 Å². The van der Waals surface area contributed by atoms with E-state index in [4.69, 9.17) is 4.42 Å². The van der Waals surface area contributed by atoms with Crippen molar-refractivity contribution >= 4 is 51.0 Å². The normalized spacial score (nSPS) is 17.2. The molecule has 0 bridgehead atoms. The number of furan rings is 1. The molecule has 1 saturated heterocycles. The van der Waals surface area contributed by atoms with Crippen LogP contribution in [0.4, 0.5) is 10.1 Å². The van der Waals surface area contributed by atoms with E-state index in [1.807, 2.05) is 6.07 Å². The molecule has 1 fully saturated rings. The molecular formula is C33H31FN4O5S. The molecule has 0 saturated carbocycles. The van der Waals surface area contributed by atoms with Gasteiger partial charge in [0, 0.05) is 67.5 Å². The summed E-state index contributed by atoms with van der Waals surface area (Å²) in [6, 6.07) is 16.4. The fraction of sp³-hybridized carbons (Fsp3) is 0.273. The SMILES string of the molecule is CNC(=O)c1c(-c2ccc(F)cc2)oc2cc(N(C)S(C)=O)c([C@H]3CCCN(C(=O)C4=NCC(=O)c5ccccc54)C3)cc12. The lowest BCUT2D eigenvalue weighted by Gasteiger charge is -2.35. The number of rotatable bonds is 6. The van der Waals surface area contributed by atoms with E-state index in [1.165, 1.54) is 19.2 Å². The lowest BCUT2D eigenvalue weighted by atomic mass is 9.87. The zero-order valence-corrected chi connectivity index (χ0v) is 25.4. The fourth-order valence-electron chi connectivity index (χ4n) is 6.04. The third-order valence-electron chi connectivity index (χ3n) is 8.34. The monoisotopic (exact) mass is 614 g/mol. The van der Waals surface area contributed by atoms with Gasteiger partial charge in [0.1, 0.15) is 40.4 Å². The Balaban J connectivity index is 1.43. The Morgan fingerprint density at radius 2 is 1.84 bits per heavy atom. The Morgan fingerprint density at radius 3 is 2.55 bits per heavy atom. The average molecular weight is 615 g/mol. The standard InChI is InChI=1S/C33H31FN4O5S/c1-35-32(40)29-25-15-24(26(37(2)44(3)42)16-28(25)43-31(29)19-10-12-21(34)13-11-19)20-7-6-14-38(18-20)33(41)30-23-9-5-4-8-22(23)27(39)17-36-30/h4-5,8-13,15-16,20H,6-7,14,17-18H2,1-3H3,(H,35,40)/t20-,44?/m0/s1. The number of carbonyl (C=O) groups is 3. The molecule has 2 aliphatic heterocycles. The Morgan fingerprint density at radius 1 is 1.11 bits per heavy atom. The van der Waals surface area contributed by atoms with Crippen LogP contribution in [0.3, 0.4) is 0 Å². The van der Waals surface area contributed by atoms with Crippen LogP contribution in [0, 0.1) is 5.82 Å². The maximum absolute atomic E-state index is 13.8. The minimum absolute atomic E-state index is 0.0670. The van der Waals surface area contributed by atoms with Gasteiger partial charge in [0.25, 0.3) is 11.8 Å². The second-order valence-corrected chi connectivity index (χ2v) is 12.3. The van der Waals surface area contributed by atoms with Gasteiger partial charge in [-0.25, -0.2) is 8.60 Å². The zero-order chi connectivity index (χ0) is 31.1. The average Bonchev–Trinajstić information content (AvgIpc) is 3.42. The van der Waals surface area contributed by atoms with E-state index >= 15 is 0 Å². The van der Waals surface area contributed by atoms with E-state index in [1.54, 1.807) is 65.0 Å². The van der Waals surface area contributed by atoms with Crippen LogP contribution in [0.15, 0.2) is 70.1 Å². The van der Waals surface area contributed by atoms with Gasteiger partial charge in [-0.2, -0.15) is 0 Å². The van der Waals surface area contributed by atoms with E-state index in [-0.39, 0.29) is 35.8 Å². The number of fused-ring (bicyclic) bond motifs is 2. The number of carbonyl (C=O) groups excluding carboxylic acids is 3. The highest BCUT2D eigenvalue weighted by Gasteiger charge is 2.34. The Kier molecular flexibility index (Phi) is 7.89. The van der Waals surface area contributed by atoms with Crippen LogP contribution >= 0.6 is 0 Å². The molecule has 226 valence electrons. The molecule has 9 nitrogen and oxygen atoms in total. The molecule has 2 aliphatic rings. The Labute approximate surface area is 256 Å². The Bertz CT molecular complexity index is 1870.